The van der Waals surface area contributed by atoms with Gasteiger partial charge in [0.1, 0.15) is 6.04 Å². The molecule has 0 aromatic heterocycles. The number of aliphatic carboxylic acids is 1. The Bertz CT molecular complexity index is 255. The van der Waals surface area contributed by atoms with Crippen molar-refractivity contribution >= 4 is 11.9 Å². The summed E-state index contributed by atoms with van der Waals surface area (Å²) in [5, 5.41) is 8.60. The molecule has 1 rings (SSSR count). The van der Waals surface area contributed by atoms with Gasteiger partial charge in [-0.3, -0.25) is 9.59 Å². The Morgan fingerprint density at radius 1 is 1.73 bits per heavy atom. The van der Waals surface area contributed by atoms with Gasteiger partial charge in [0, 0.05) is 19.0 Å². The number of nitrogens with two attached hydrogens (primary N) is 1. The summed E-state index contributed by atoms with van der Waals surface area (Å²) in [5.74, 6) is -0.814. The van der Waals surface area contributed by atoms with Crippen molar-refractivity contribution in [3.8, 4) is 0 Å². The van der Waals surface area contributed by atoms with E-state index in [1.165, 1.54) is 0 Å². The van der Waals surface area contributed by atoms with Gasteiger partial charge < -0.3 is 15.7 Å². The second-order valence-electron chi connectivity index (χ2n) is 4.10. The molecule has 5 heteroatoms. The van der Waals surface area contributed by atoms with Crippen LogP contribution >= 0.6 is 0 Å². The van der Waals surface area contributed by atoms with Crippen LogP contribution < -0.4 is 5.73 Å². The van der Waals surface area contributed by atoms with E-state index in [1.54, 1.807) is 4.90 Å². The van der Waals surface area contributed by atoms with Crippen LogP contribution in [0.25, 0.3) is 0 Å². The van der Waals surface area contributed by atoms with Crippen molar-refractivity contribution < 1.29 is 14.7 Å². The minimum atomic E-state index is -1.01. The first-order valence-corrected chi connectivity index (χ1v) is 5.29. The lowest BCUT2D eigenvalue weighted by Gasteiger charge is -2.31. The fourth-order valence-corrected chi connectivity index (χ4v) is 1.77. The molecule has 1 aliphatic rings. The maximum atomic E-state index is 11.6. The molecule has 1 heterocycles. The summed E-state index contributed by atoms with van der Waals surface area (Å²) < 4.78 is 0. The Morgan fingerprint density at radius 2 is 2.40 bits per heavy atom. The Kier molecular flexibility index (Phi) is 4.08. The third kappa shape index (κ3) is 3.20. The number of piperidine rings is 1. The van der Waals surface area contributed by atoms with Gasteiger partial charge in [-0.05, 0) is 19.3 Å². The minimum Gasteiger partial charge on any atom is -0.480 e. The number of carbonyl (C=O) groups is 2. The lowest BCUT2D eigenvalue weighted by Crippen LogP contribution is -2.43. The van der Waals surface area contributed by atoms with Gasteiger partial charge in [-0.25, -0.2) is 0 Å². The molecule has 15 heavy (non-hydrogen) atoms. The molecule has 0 aromatic carbocycles. The van der Waals surface area contributed by atoms with Crippen LogP contribution in [0.4, 0.5) is 0 Å². The molecule has 0 aromatic rings. The largest absolute Gasteiger partial charge is 0.480 e. The number of carboxylic acids is 1. The number of nitrogens with zero attached hydrogens (tertiary/aromatic N) is 1. The smallest absolute Gasteiger partial charge is 0.320 e. The van der Waals surface area contributed by atoms with Gasteiger partial charge in [0.2, 0.25) is 5.91 Å². The average molecular weight is 214 g/mol. The van der Waals surface area contributed by atoms with Crippen LogP contribution in [-0.2, 0) is 9.59 Å². The first-order valence-electron chi connectivity index (χ1n) is 5.29. The molecule has 0 saturated carbocycles. The topological polar surface area (TPSA) is 83.6 Å². The van der Waals surface area contributed by atoms with Crippen LogP contribution in [0.2, 0.25) is 0 Å². The van der Waals surface area contributed by atoms with Crippen molar-refractivity contribution in [3.63, 3.8) is 0 Å². The quantitative estimate of drug-likeness (QED) is 0.692. The third-order valence-electron chi connectivity index (χ3n) is 2.83. The van der Waals surface area contributed by atoms with Gasteiger partial charge in [0.25, 0.3) is 0 Å². The van der Waals surface area contributed by atoms with E-state index in [0.29, 0.717) is 13.0 Å². The second-order valence-corrected chi connectivity index (χ2v) is 4.10. The van der Waals surface area contributed by atoms with Gasteiger partial charge in [0.05, 0.1) is 0 Å². The zero-order chi connectivity index (χ0) is 11.4. The average Bonchev–Trinajstić information content (AvgIpc) is 2.19. The molecule has 0 radical (unpaired) electrons. The van der Waals surface area contributed by atoms with Crippen molar-refractivity contribution in [1.82, 2.24) is 4.90 Å². The van der Waals surface area contributed by atoms with E-state index in [9.17, 15) is 9.59 Å². The summed E-state index contributed by atoms with van der Waals surface area (Å²) in [6, 6.07) is -0.866. The Labute approximate surface area is 89.2 Å². The molecular weight excluding hydrogens is 196 g/mol. The van der Waals surface area contributed by atoms with Gasteiger partial charge in [-0.15, -0.1) is 0 Å². The molecule has 0 spiro atoms. The van der Waals surface area contributed by atoms with Crippen LogP contribution in [0, 0.1) is 5.92 Å². The van der Waals surface area contributed by atoms with Crippen molar-refractivity contribution in [2.24, 2.45) is 11.7 Å². The molecule has 3 N–H and O–H groups in total. The Balaban J connectivity index is 2.37. The van der Waals surface area contributed by atoms with Crippen molar-refractivity contribution in [3.05, 3.63) is 0 Å². The van der Waals surface area contributed by atoms with Crippen molar-refractivity contribution in [2.45, 2.75) is 32.2 Å². The van der Waals surface area contributed by atoms with E-state index >= 15 is 0 Å². The minimum absolute atomic E-state index is 0.0693. The first kappa shape index (κ1) is 12.0. The molecule has 1 fully saturated rings. The summed E-state index contributed by atoms with van der Waals surface area (Å²) in [7, 11) is 0. The lowest BCUT2D eigenvalue weighted by atomic mass is 9.99. The zero-order valence-corrected chi connectivity index (χ0v) is 8.98. The van der Waals surface area contributed by atoms with Crippen LogP contribution in [0.3, 0.4) is 0 Å². The van der Waals surface area contributed by atoms with Gasteiger partial charge in [0.15, 0.2) is 0 Å². The molecule has 1 amide bonds. The zero-order valence-electron chi connectivity index (χ0n) is 8.98. The number of carbonyl (C=O) groups excluding carboxylic acids is 1. The molecule has 0 aliphatic carbocycles. The van der Waals surface area contributed by atoms with Crippen LogP contribution in [0.5, 0.6) is 0 Å². The fourth-order valence-electron chi connectivity index (χ4n) is 1.77. The number of likely N-dealkylation sites (tertiary alicyclic amines) is 1. The highest BCUT2D eigenvalue weighted by atomic mass is 16.4. The highest BCUT2D eigenvalue weighted by Gasteiger charge is 2.25. The number of hydrogen-bond donors (Lipinski definition) is 2. The number of rotatable bonds is 4. The SMILES string of the molecule is CC1CCCN(CCC(N)C(=O)O)C1=O. The molecule has 2 unspecified atom stereocenters. The van der Waals surface area contributed by atoms with E-state index in [0.717, 1.165) is 19.4 Å². The monoisotopic (exact) mass is 214 g/mol. The predicted octanol–water partition coefficient (Wildman–Crippen LogP) is 0.0469. The van der Waals surface area contributed by atoms with Gasteiger partial charge in [-0.2, -0.15) is 0 Å². The van der Waals surface area contributed by atoms with E-state index in [-0.39, 0.29) is 11.8 Å². The lowest BCUT2D eigenvalue weighted by molar-refractivity contribution is -0.141. The van der Waals surface area contributed by atoms with Crippen molar-refractivity contribution in [2.75, 3.05) is 13.1 Å². The maximum absolute atomic E-state index is 11.6. The molecule has 86 valence electrons. The molecule has 2 atom stereocenters. The molecular formula is C10H18N2O3. The van der Waals surface area contributed by atoms with Crippen LogP contribution in [-0.4, -0.2) is 41.0 Å². The van der Waals surface area contributed by atoms with Crippen LogP contribution in [0.1, 0.15) is 26.2 Å². The Hall–Kier alpha value is -1.10. The van der Waals surface area contributed by atoms with E-state index in [4.69, 9.17) is 10.8 Å². The highest BCUT2D eigenvalue weighted by molar-refractivity contribution is 5.79. The van der Waals surface area contributed by atoms with E-state index in [1.807, 2.05) is 6.92 Å². The summed E-state index contributed by atoms with van der Waals surface area (Å²) in [5.41, 5.74) is 5.38. The summed E-state index contributed by atoms with van der Waals surface area (Å²) in [6.45, 7) is 3.10. The van der Waals surface area contributed by atoms with Crippen molar-refractivity contribution in [1.29, 1.82) is 0 Å². The van der Waals surface area contributed by atoms with Gasteiger partial charge >= 0.3 is 5.97 Å². The highest BCUT2D eigenvalue weighted by Crippen LogP contribution is 2.17. The maximum Gasteiger partial charge on any atom is 0.320 e. The summed E-state index contributed by atoms with van der Waals surface area (Å²) in [4.78, 5) is 23.9. The second kappa shape index (κ2) is 5.11. The van der Waals surface area contributed by atoms with Gasteiger partial charge in [-0.1, -0.05) is 6.92 Å². The number of carboxylic acid groups (broad SMARTS) is 1. The van der Waals surface area contributed by atoms with E-state index in [2.05, 4.69) is 0 Å². The molecule has 1 aliphatic heterocycles. The summed E-state index contributed by atoms with van der Waals surface area (Å²) >= 11 is 0. The molecule has 0 bridgehead atoms. The number of amides is 1. The third-order valence-corrected chi connectivity index (χ3v) is 2.83. The summed E-state index contributed by atoms with van der Waals surface area (Å²) in [6.07, 6.45) is 2.25. The molecule has 1 saturated heterocycles. The van der Waals surface area contributed by atoms with E-state index < -0.39 is 12.0 Å². The Morgan fingerprint density at radius 3 is 3.00 bits per heavy atom. The standard InChI is InChI=1S/C10H18N2O3/c1-7-3-2-5-12(9(7)13)6-4-8(11)10(14)15/h7-8H,2-6,11H2,1H3,(H,14,15). The van der Waals surface area contributed by atoms with Crippen LogP contribution in [0.15, 0.2) is 0 Å². The first-order chi connectivity index (χ1) is 7.02. The fraction of sp³-hybridized carbons (Fsp3) is 0.800. The normalized spacial score (nSPS) is 24.0. The molecule has 5 nitrogen and oxygen atoms in total. The predicted molar refractivity (Wildman–Crippen MR) is 55.2 cm³/mol. The number of hydrogen-bond acceptors (Lipinski definition) is 3.